The van der Waals surface area contributed by atoms with Crippen LogP contribution in [0.4, 0.5) is 0 Å². The summed E-state index contributed by atoms with van der Waals surface area (Å²) in [5.74, 6) is 2.76. The second-order valence-electron chi connectivity index (χ2n) is 7.60. The van der Waals surface area contributed by atoms with Gasteiger partial charge in [0.25, 0.3) is 0 Å². The molecular formula is C20H28N2. The first-order valence-corrected chi connectivity index (χ1v) is 8.95. The van der Waals surface area contributed by atoms with Crippen LogP contribution in [0.5, 0.6) is 0 Å². The number of hydrogen-bond acceptors (Lipinski definition) is 2. The molecule has 118 valence electrons. The van der Waals surface area contributed by atoms with Gasteiger partial charge >= 0.3 is 0 Å². The van der Waals surface area contributed by atoms with Crippen LogP contribution in [0.2, 0.25) is 0 Å². The van der Waals surface area contributed by atoms with Crippen molar-refractivity contribution in [2.75, 3.05) is 32.7 Å². The molecule has 1 aromatic rings. The molecule has 2 nitrogen and oxygen atoms in total. The van der Waals surface area contributed by atoms with Gasteiger partial charge in [0.05, 0.1) is 0 Å². The Labute approximate surface area is 134 Å². The van der Waals surface area contributed by atoms with Crippen molar-refractivity contribution in [3.8, 4) is 0 Å². The van der Waals surface area contributed by atoms with Crippen LogP contribution in [-0.2, 0) is 6.54 Å². The lowest BCUT2D eigenvalue weighted by Gasteiger charge is -2.37. The second kappa shape index (κ2) is 6.17. The summed E-state index contributed by atoms with van der Waals surface area (Å²) in [4.78, 5) is 5.33. The molecule has 2 bridgehead atoms. The molecule has 0 aromatic heterocycles. The molecular weight excluding hydrogens is 268 g/mol. The van der Waals surface area contributed by atoms with E-state index in [-0.39, 0.29) is 0 Å². The highest BCUT2D eigenvalue weighted by Gasteiger charge is 2.36. The van der Waals surface area contributed by atoms with Gasteiger partial charge < -0.3 is 4.90 Å². The number of nitrogens with zero attached hydrogens (tertiary/aromatic N) is 2. The molecule has 0 amide bonds. The van der Waals surface area contributed by atoms with Crippen molar-refractivity contribution in [2.24, 2.45) is 17.8 Å². The number of rotatable bonds is 4. The fraction of sp³-hybridized carbons (Fsp3) is 0.600. The van der Waals surface area contributed by atoms with Gasteiger partial charge in [0.1, 0.15) is 0 Å². The number of benzene rings is 1. The maximum atomic E-state index is 2.71. The molecule has 2 fully saturated rings. The highest BCUT2D eigenvalue weighted by atomic mass is 15.3. The van der Waals surface area contributed by atoms with Gasteiger partial charge in [0.15, 0.2) is 0 Å². The van der Waals surface area contributed by atoms with E-state index in [0.29, 0.717) is 0 Å². The lowest BCUT2D eigenvalue weighted by molar-refractivity contribution is 0.108. The van der Waals surface area contributed by atoms with E-state index in [1.165, 1.54) is 56.7 Å². The Morgan fingerprint density at radius 1 is 0.909 bits per heavy atom. The van der Waals surface area contributed by atoms with Gasteiger partial charge in [-0.2, -0.15) is 0 Å². The van der Waals surface area contributed by atoms with Crippen LogP contribution in [0.3, 0.4) is 0 Å². The SMILES string of the molecule is Cc1ccc(CN2CCN(C[C@H]3C[C@@H]4C=C[C@H]3C4)CC2)cc1. The summed E-state index contributed by atoms with van der Waals surface area (Å²) >= 11 is 0. The standard InChI is InChI=1S/C20H28N2/c1-16-2-4-17(5-3-16)14-21-8-10-22(11-9-21)15-20-13-18-6-7-19(20)12-18/h2-7,18-20H,8-15H2,1H3/t18-,19+,20-/m1/s1. The van der Waals surface area contributed by atoms with Crippen LogP contribution in [0.25, 0.3) is 0 Å². The summed E-state index contributed by atoms with van der Waals surface area (Å²) in [6.07, 6.45) is 7.84. The minimum absolute atomic E-state index is 0.899. The summed E-state index contributed by atoms with van der Waals surface area (Å²) in [6.45, 7) is 9.57. The molecule has 1 aliphatic heterocycles. The molecule has 0 unspecified atom stereocenters. The molecule has 0 N–H and O–H groups in total. The first-order valence-electron chi connectivity index (χ1n) is 8.95. The van der Waals surface area contributed by atoms with Gasteiger partial charge in [-0.05, 0) is 43.1 Å². The molecule has 3 aliphatic rings. The topological polar surface area (TPSA) is 6.48 Å². The minimum Gasteiger partial charge on any atom is -0.300 e. The third-order valence-electron chi connectivity index (χ3n) is 5.90. The number of allylic oxidation sites excluding steroid dienone is 2. The molecule has 1 aromatic carbocycles. The number of piperazine rings is 1. The van der Waals surface area contributed by atoms with Crippen molar-refractivity contribution in [1.82, 2.24) is 9.80 Å². The van der Waals surface area contributed by atoms with Gasteiger partial charge in [-0.25, -0.2) is 0 Å². The van der Waals surface area contributed by atoms with Crippen molar-refractivity contribution < 1.29 is 0 Å². The van der Waals surface area contributed by atoms with E-state index in [0.717, 1.165) is 24.3 Å². The second-order valence-corrected chi connectivity index (χ2v) is 7.60. The van der Waals surface area contributed by atoms with Crippen LogP contribution >= 0.6 is 0 Å². The van der Waals surface area contributed by atoms with E-state index >= 15 is 0 Å². The van der Waals surface area contributed by atoms with Crippen LogP contribution in [-0.4, -0.2) is 42.5 Å². The Hall–Kier alpha value is -1.12. The van der Waals surface area contributed by atoms with Crippen molar-refractivity contribution >= 4 is 0 Å². The molecule has 2 aliphatic carbocycles. The Balaban J connectivity index is 1.24. The molecule has 1 heterocycles. The van der Waals surface area contributed by atoms with Crippen molar-refractivity contribution in [1.29, 1.82) is 0 Å². The minimum atomic E-state index is 0.899. The first kappa shape index (κ1) is 14.5. The normalized spacial score (nSPS) is 32.0. The third-order valence-corrected chi connectivity index (χ3v) is 5.90. The lowest BCUT2D eigenvalue weighted by atomic mass is 9.93. The maximum Gasteiger partial charge on any atom is 0.0234 e. The van der Waals surface area contributed by atoms with Crippen molar-refractivity contribution in [2.45, 2.75) is 26.3 Å². The predicted molar refractivity (Wildman–Crippen MR) is 91.7 cm³/mol. The highest BCUT2D eigenvalue weighted by molar-refractivity contribution is 5.21. The quantitative estimate of drug-likeness (QED) is 0.786. The molecule has 1 saturated heterocycles. The third kappa shape index (κ3) is 3.13. The zero-order valence-electron chi connectivity index (χ0n) is 13.7. The molecule has 0 radical (unpaired) electrons. The van der Waals surface area contributed by atoms with E-state index in [4.69, 9.17) is 0 Å². The smallest absolute Gasteiger partial charge is 0.0234 e. The Bertz CT molecular complexity index is 525. The largest absolute Gasteiger partial charge is 0.300 e. The van der Waals surface area contributed by atoms with Crippen LogP contribution in [0.15, 0.2) is 36.4 Å². The monoisotopic (exact) mass is 296 g/mol. The van der Waals surface area contributed by atoms with Gasteiger partial charge in [0.2, 0.25) is 0 Å². The van der Waals surface area contributed by atoms with E-state index < -0.39 is 0 Å². The lowest BCUT2D eigenvalue weighted by Crippen LogP contribution is -2.47. The van der Waals surface area contributed by atoms with E-state index in [9.17, 15) is 0 Å². The molecule has 1 saturated carbocycles. The molecule has 2 heteroatoms. The predicted octanol–water partition coefficient (Wildman–Crippen LogP) is 3.32. The fourth-order valence-electron chi connectivity index (χ4n) is 4.52. The van der Waals surface area contributed by atoms with Gasteiger partial charge in [-0.15, -0.1) is 0 Å². The van der Waals surface area contributed by atoms with Gasteiger partial charge in [0, 0.05) is 39.3 Å². The number of fused-ring (bicyclic) bond motifs is 2. The Kier molecular flexibility index (Phi) is 4.06. The summed E-state index contributed by atoms with van der Waals surface area (Å²) in [5, 5.41) is 0. The summed E-state index contributed by atoms with van der Waals surface area (Å²) in [5.41, 5.74) is 2.81. The van der Waals surface area contributed by atoms with Crippen LogP contribution in [0.1, 0.15) is 24.0 Å². The average Bonchev–Trinajstić information content (AvgIpc) is 3.14. The van der Waals surface area contributed by atoms with E-state index in [2.05, 4.69) is 53.1 Å². The van der Waals surface area contributed by atoms with Gasteiger partial charge in [-0.1, -0.05) is 42.0 Å². The summed E-state index contributed by atoms with van der Waals surface area (Å²) in [6, 6.07) is 9.02. The molecule has 4 rings (SSSR count). The zero-order chi connectivity index (χ0) is 14.9. The van der Waals surface area contributed by atoms with Crippen LogP contribution < -0.4 is 0 Å². The fourth-order valence-corrected chi connectivity index (χ4v) is 4.52. The first-order chi connectivity index (χ1) is 10.8. The van der Waals surface area contributed by atoms with Crippen molar-refractivity contribution in [3.63, 3.8) is 0 Å². The van der Waals surface area contributed by atoms with Crippen LogP contribution in [0, 0.1) is 24.7 Å². The molecule has 0 spiro atoms. The summed E-state index contributed by atoms with van der Waals surface area (Å²) in [7, 11) is 0. The average molecular weight is 296 g/mol. The molecule has 22 heavy (non-hydrogen) atoms. The molecule has 3 atom stereocenters. The Morgan fingerprint density at radius 3 is 2.27 bits per heavy atom. The Morgan fingerprint density at radius 2 is 1.64 bits per heavy atom. The van der Waals surface area contributed by atoms with E-state index in [1.807, 2.05) is 0 Å². The highest BCUT2D eigenvalue weighted by Crippen LogP contribution is 2.43. The van der Waals surface area contributed by atoms with E-state index in [1.54, 1.807) is 0 Å². The number of aryl methyl sites for hydroxylation is 1. The van der Waals surface area contributed by atoms with Crippen molar-refractivity contribution in [3.05, 3.63) is 47.5 Å². The number of hydrogen-bond donors (Lipinski definition) is 0. The summed E-state index contributed by atoms with van der Waals surface area (Å²) < 4.78 is 0. The zero-order valence-corrected chi connectivity index (χ0v) is 13.7. The van der Waals surface area contributed by atoms with Gasteiger partial charge in [-0.3, -0.25) is 4.90 Å². The maximum absolute atomic E-state index is 2.71.